The van der Waals surface area contributed by atoms with Crippen LogP contribution in [-0.4, -0.2) is 15.8 Å². The molecule has 0 aliphatic carbocycles. The van der Waals surface area contributed by atoms with Crippen LogP contribution >= 0.6 is 15.9 Å². The first-order chi connectivity index (χ1) is 9.58. The average Bonchev–Trinajstić information content (AvgIpc) is 2.46. The summed E-state index contributed by atoms with van der Waals surface area (Å²) in [5.74, 6) is -0.364. The zero-order valence-corrected chi connectivity index (χ0v) is 11.8. The van der Waals surface area contributed by atoms with Crippen molar-refractivity contribution in [1.29, 1.82) is 0 Å². The van der Waals surface area contributed by atoms with E-state index in [1.807, 2.05) is 0 Å². The molecule has 1 aromatic heterocycles. The number of nitro benzene ring substituents is 1. The van der Waals surface area contributed by atoms with Crippen LogP contribution in [0.25, 0.3) is 0 Å². The van der Waals surface area contributed by atoms with Gasteiger partial charge in [-0.25, -0.2) is 0 Å². The summed E-state index contributed by atoms with van der Waals surface area (Å²) in [4.78, 5) is 26.1. The van der Waals surface area contributed by atoms with Gasteiger partial charge in [-0.05, 0) is 45.8 Å². The fourth-order valence-electron chi connectivity index (χ4n) is 1.58. The molecule has 2 aromatic rings. The van der Waals surface area contributed by atoms with E-state index >= 15 is 0 Å². The Morgan fingerprint density at radius 2 is 2.00 bits per heavy atom. The molecular weight excluding hydrogens is 326 g/mol. The Labute approximate surface area is 123 Å². The molecule has 1 amide bonds. The van der Waals surface area contributed by atoms with Crippen LogP contribution in [0.3, 0.4) is 0 Å². The number of carbonyl (C=O) groups is 1. The first kappa shape index (κ1) is 14.1. The summed E-state index contributed by atoms with van der Waals surface area (Å²) in [6.45, 7) is 0.339. The third-order valence-electron chi connectivity index (χ3n) is 2.61. The van der Waals surface area contributed by atoms with E-state index in [4.69, 9.17) is 0 Å². The molecule has 1 aromatic carbocycles. The number of pyridine rings is 1. The third-order valence-corrected chi connectivity index (χ3v) is 3.28. The zero-order valence-electron chi connectivity index (χ0n) is 10.2. The van der Waals surface area contributed by atoms with Crippen LogP contribution in [0.1, 0.15) is 15.9 Å². The molecule has 0 fully saturated rings. The van der Waals surface area contributed by atoms with Crippen molar-refractivity contribution in [2.75, 3.05) is 0 Å². The normalized spacial score (nSPS) is 10.1. The summed E-state index contributed by atoms with van der Waals surface area (Å²) in [5, 5.41) is 13.5. The lowest BCUT2D eigenvalue weighted by atomic mass is 10.2. The monoisotopic (exact) mass is 335 g/mol. The van der Waals surface area contributed by atoms with Crippen molar-refractivity contribution in [3.8, 4) is 0 Å². The van der Waals surface area contributed by atoms with Crippen LogP contribution in [0.4, 0.5) is 5.69 Å². The number of halogens is 1. The van der Waals surface area contributed by atoms with Crippen molar-refractivity contribution in [2.45, 2.75) is 6.54 Å². The highest BCUT2D eigenvalue weighted by Crippen LogP contribution is 2.25. The Kier molecular flexibility index (Phi) is 4.41. The number of nitrogens with one attached hydrogen (secondary N) is 1. The lowest BCUT2D eigenvalue weighted by Crippen LogP contribution is -2.22. The Bertz CT molecular complexity index is 647. The predicted molar refractivity (Wildman–Crippen MR) is 76.2 cm³/mol. The number of nitrogens with zero attached hydrogens (tertiary/aromatic N) is 2. The van der Waals surface area contributed by atoms with E-state index in [-0.39, 0.29) is 17.2 Å². The van der Waals surface area contributed by atoms with Crippen molar-refractivity contribution in [3.63, 3.8) is 0 Å². The van der Waals surface area contributed by atoms with Crippen LogP contribution in [-0.2, 0) is 6.54 Å². The second-order valence-electron chi connectivity index (χ2n) is 3.96. The molecule has 0 radical (unpaired) electrons. The van der Waals surface area contributed by atoms with Gasteiger partial charge in [-0.2, -0.15) is 0 Å². The smallest absolute Gasteiger partial charge is 0.284 e. The van der Waals surface area contributed by atoms with Gasteiger partial charge in [0.25, 0.3) is 11.6 Å². The summed E-state index contributed by atoms with van der Waals surface area (Å²) >= 11 is 3.08. The van der Waals surface area contributed by atoms with Gasteiger partial charge in [0.15, 0.2) is 0 Å². The summed E-state index contributed by atoms with van der Waals surface area (Å²) in [5.41, 5.74) is 1.01. The molecule has 0 atom stereocenters. The number of amides is 1. The van der Waals surface area contributed by atoms with Crippen molar-refractivity contribution < 1.29 is 9.72 Å². The summed E-state index contributed by atoms with van der Waals surface area (Å²) in [6.07, 6.45) is 3.26. The standard InChI is InChI=1S/C13H10BrN3O3/c14-11-2-1-10(7-12(11)17(19)20)13(18)16-8-9-3-5-15-6-4-9/h1-7H,8H2,(H,16,18). The molecule has 0 saturated carbocycles. The Morgan fingerprint density at radius 3 is 2.65 bits per heavy atom. The van der Waals surface area contributed by atoms with E-state index < -0.39 is 4.92 Å². The van der Waals surface area contributed by atoms with Crippen molar-refractivity contribution >= 4 is 27.5 Å². The van der Waals surface area contributed by atoms with Gasteiger partial charge in [-0.3, -0.25) is 19.9 Å². The van der Waals surface area contributed by atoms with E-state index in [0.717, 1.165) is 5.56 Å². The molecule has 0 saturated heterocycles. The maximum Gasteiger partial charge on any atom is 0.284 e. The number of hydrogen-bond acceptors (Lipinski definition) is 4. The first-order valence-corrected chi connectivity index (χ1v) is 6.48. The van der Waals surface area contributed by atoms with Gasteiger partial charge in [0.2, 0.25) is 0 Å². The minimum absolute atomic E-state index is 0.137. The van der Waals surface area contributed by atoms with E-state index in [0.29, 0.717) is 11.0 Å². The number of nitro groups is 1. The largest absolute Gasteiger partial charge is 0.348 e. The molecule has 1 heterocycles. The van der Waals surface area contributed by atoms with Crippen molar-refractivity contribution in [1.82, 2.24) is 10.3 Å². The molecule has 0 spiro atoms. The number of benzene rings is 1. The topological polar surface area (TPSA) is 85.1 Å². The molecule has 0 aliphatic rings. The molecule has 0 bridgehead atoms. The summed E-state index contributed by atoms with van der Waals surface area (Å²) in [6, 6.07) is 7.82. The Balaban J connectivity index is 2.10. The molecule has 7 heteroatoms. The van der Waals surface area contributed by atoms with Gasteiger partial charge in [-0.15, -0.1) is 0 Å². The summed E-state index contributed by atoms with van der Waals surface area (Å²) in [7, 11) is 0. The van der Waals surface area contributed by atoms with E-state index in [1.54, 1.807) is 24.5 Å². The van der Waals surface area contributed by atoms with Crippen molar-refractivity contribution in [3.05, 3.63) is 68.4 Å². The number of carbonyl (C=O) groups excluding carboxylic acids is 1. The van der Waals surface area contributed by atoms with Gasteiger partial charge in [0, 0.05) is 30.6 Å². The van der Waals surface area contributed by atoms with E-state index in [1.165, 1.54) is 18.2 Å². The second kappa shape index (κ2) is 6.25. The lowest BCUT2D eigenvalue weighted by Gasteiger charge is -2.05. The quantitative estimate of drug-likeness (QED) is 0.687. The molecule has 20 heavy (non-hydrogen) atoms. The number of rotatable bonds is 4. The predicted octanol–water partition coefficient (Wildman–Crippen LogP) is 2.68. The van der Waals surface area contributed by atoms with Gasteiger partial charge >= 0.3 is 0 Å². The van der Waals surface area contributed by atoms with Crippen LogP contribution < -0.4 is 5.32 Å². The van der Waals surface area contributed by atoms with Gasteiger partial charge in [0.05, 0.1) is 9.40 Å². The van der Waals surface area contributed by atoms with Crippen LogP contribution in [0, 0.1) is 10.1 Å². The maximum absolute atomic E-state index is 11.9. The van der Waals surface area contributed by atoms with Crippen LogP contribution in [0.2, 0.25) is 0 Å². The van der Waals surface area contributed by atoms with E-state index in [9.17, 15) is 14.9 Å². The number of hydrogen-bond donors (Lipinski definition) is 1. The first-order valence-electron chi connectivity index (χ1n) is 5.69. The molecule has 6 nitrogen and oxygen atoms in total. The Hall–Kier alpha value is -2.28. The molecule has 0 aliphatic heterocycles. The average molecular weight is 336 g/mol. The summed E-state index contributed by atoms with van der Waals surface area (Å²) < 4.78 is 0.341. The van der Waals surface area contributed by atoms with E-state index in [2.05, 4.69) is 26.2 Å². The fourth-order valence-corrected chi connectivity index (χ4v) is 1.97. The molecular formula is C13H10BrN3O3. The molecule has 0 unspecified atom stereocenters. The van der Waals surface area contributed by atoms with Crippen molar-refractivity contribution in [2.24, 2.45) is 0 Å². The molecule has 102 valence electrons. The Morgan fingerprint density at radius 1 is 1.30 bits per heavy atom. The highest BCUT2D eigenvalue weighted by molar-refractivity contribution is 9.10. The number of aromatic nitrogens is 1. The minimum atomic E-state index is -0.538. The van der Waals surface area contributed by atoms with Crippen LogP contribution in [0.5, 0.6) is 0 Å². The SMILES string of the molecule is O=C(NCc1ccncc1)c1ccc(Br)c([N+](=O)[O-])c1. The van der Waals surface area contributed by atoms with Gasteiger partial charge < -0.3 is 5.32 Å². The van der Waals surface area contributed by atoms with Crippen LogP contribution in [0.15, 0.2) is 47.2 Å². The second-order valence-corrected chi connectivity index (χ2v) is 4.82. The highest BCUT2D eigenvalue weighted by Gasteiger charge is 2.15. The fraction of sp³-hybridized carbons (Fsp3) is 0.0769. The third kappa shape index (κ3) is 3.39. The highest BCUT2D eigenvalue weighted by atomic mass is 79.9. The lowest BCUT2D eigenvalue weighted by molar-refractivity contribution is -0.385. The van der Waals surface area contributed by atoms with Gasteiger partial charge in [-0.1, -0.05) is 0 Å². The maximum atomic E-state index is 11.9. The molecule has 1 N–H and O–H groups in total. The zero-order chi connectivity index (χ0) is 14.5. The molecule has 2 rings (SSSR count). The minimum Gasteiger partial charge on any atom is -0.348 e. The van der Waals surface area contributed by atoms with Gasteiger partial charge in [0.1, 0.15) is 0 Å².